The number of nitrogens with two attached hydrogens (primary N) is 1. The lowest BCUT2D eigenvalue weighted by molar-refractivity contribution is 0.105. The molecule has 6 heteroatoms. The van der Waals surface area contributed by atoms with E-state index in [2.05, 4.69) is 16.0 Å². The SMILES string of the molecule is CCOC(=O)N1CCN(c2ncc(CN)cc2C)CC1. The van der Waals surface area contributed by atoms with Gasteiger partial charge in [-0.05, 0) is 31.0 Å². The highest BCUT2D eigenvalue weighted by molar-refractivity contribution is 5.68. The lowest BCUT2D eigenvalue weighted by atomic mass is 10.2. The Kier molecular flexibility index (Phi) is 4.79. The van der Waals surface area contributed by atoms with Crippen molar-refractivity contribution < 1.29 is 9.53 Å². The van der Waals surface area contributed by atoms with Gasteiger partial charge in [0.1, 0.15) is 5.82 Å². The predicted molar refractivity (Wildman–Crippen MR) is 77.7 cm³/mol. The van der Waals surface area contributed by atoms with Crippen LogP contribution in [0.2, 0.25) is 0 Å². The van der Waals surface area contributed by atoms with E-state index < -0.39 is 0 Å². The van der Waals surface area contributed by atoms with Gasteiger partial charge in [0.2, 0.25) is 0 Å². The monoisotopic (exact) mass is 278 g/mol. The number of aryl methyl sites for hydroxylation is 1. The second kappa shape index (κ2) is 6.56. The van der Waals surface area contributed by atoms with Crippen LogP contribution < -0.4 is 10.6 Å². The minimum absolute atomic E-state index is 0.227. The third kappa shape index (κ3) is 3.19. The Morgan fingerprint density at radius 3 is 2.65 bits per heavy atom. The van der Waals surface area contributed by atoms with Crippen LogP contribution in [-0.2, 0) is 11.3 Å². The van der Waals surface area contributed by atoms with Crippen molar-refractivity contribution in [1.29, 1.82) is 0 Å². The number of amides is 1. The zero-order valence-electron chi connectivity index (χ0n) is 12.1. The topological polar surface area (TPSA) is 71.7 Å². The number of carbonyl (C=O) groups is 1. The molecule has 0 saturated carbocycles. The number of piperazine rings is 1. The number of carbonyl (C=O) groups excluding carboxylic acids is 1. The van der Waals surface area contributed by atoms with Crippen molar-refractivity contribution in [1.82, 2.24) is 9.88 Å². The van der Waals surface area contributed by atoms with E-state index in [4.69, 9.17) is 10.5 Å². The molecule has 6 nitrogen and oxygen atoms in total. The van der Waals surface area contributed by atoms with E-state index in [0.29, 0.717) is 26.2 Å². The number of aromatic nitrogens is 1. The van der Waals surface area contributed by atoms with Crippen LogP contribution in [0, 0.1) is 6.92 Å². The second-order valence-corrected chi connectivity index (χ2v) is 4.86. The van der Waals surface area contributed by atoms with E-state index in [1.54, 1.807) is 4.90 Å². The van der Waals surface area contributed by atoms with Crippen molar-refractivity contribution in [2.45, 2.75) is 20.4 Å². The van der Waals surface area contributed by atoms with E-state index in [0.717, 1.165) is 30.0 Å². The van der Waals surface area contributed by atoms with E-state index in [1.165, 1.54) is 0 Å². The van der Waals surface area contributed by atoms with Gasteiger partial charge in [-0.25, -0.2) is 9.78 Å². The van der Waals surface area contributed by atoms with Crippen molar-refractivity contribution in [3.8, 4) is 0 Å². The number of pyridine rings is 1. The average Bonchev–Trinajstić information content (AvgIpc) is 2.47. The van der Waals surface area contributed by atoms with Crippen molar-refractivity contribution in [3.05, 3.63) is 23.4 Å². The van der Waals surface area contributed by atoms with Gasteiger partial charge in [-0.3, -0.25) is 0 Å². The van der Waals surface area contributed by atoms with E-state index in [1.807, 2.05) is 20.0 Å². The van der Waals surface area contributed by atoms with Gasteiger partial charge < -0.3 is 20.3 Å². The summed E-state index contributed by atoms with van der Waals surface area (Å²) in [6.45, 7) is 7.66. The van der Waals surface area contributed by atoms with Crippen molar-refractivity contribution in [3.63, 3.8) is 0 Å². The zero-order chi connectivity index (χ0) is 14.5. The maximum absolute atomic E-state index is 11.6. The smallest absolute Gasteiger partial charge is 0.409 e. The Balaban J connectivity index is 1.98. The summed E-state index contributed by atoms with van der Waals surface area (Å²) in [5, 5.41) is 0. The van der Waals surface area contributed by atoms with Gasteiger partial charge in [0.15, 0.2) is 0 Å². The van der Waals surface area contributed by atoms with Gasteiger partial charge >= 0.3 is 6.09 Å². The van der Waals surface area contributed by atoms with E-state index >= 15 is 0 Å². The molecule has 1 fully saturated rings. The van der Waals surface area contributed by atoms with Crippen molar-refractivity contribution in [2.24, 2.45) is 5.73 Å². The summed E-state index contributed by atoms with van der Waals surface area (Å²) in [5.74, 6) is 0.978. The van der Waals surface area contributed by atoms with Gasteiger partial charge in [0.25, 0.3) is 0 Å². The van der Waals surface area contributed by atoms with Crippen LogP contribution in [0.25, 0.3) is 0 Å². The molecule has 0 bridgehead atoms. The molecular formula is C14H22N4O2. The molecule has 0 aromatic carbocycles. The second-order valence-electron chi connectivity index (χ2n) is 4.86. The van der Waals surface area contributed by atoms with Gasteiger partial charge in [0.05, 0.1) is 6.61 Å². The van der Waals surface area contributed by atoms with Crippen LogP contribution in [0.15, 0.2) is 12.3 Å². The number of hydrogen-bond acceptors (Lipinski definition) is 5. The molecule has 2 N–H and O–H groups in total. The molecule has 2 rings (SSSR count). The Bertz CT molecular complexity index is 470. The predicted octanol–water partition coefficient (Wildman–Crippen LogP) is 1.13. The molecule has 110 valence electrons. The van der Waals surface area contributed by atoms with Gasteiger partial charge in [-0.2, -0.15) is 0 Å². The molecule has 1 aromatic rings. The highest BCUT2D eigenvalue weighted by Crippen LogP contribution is 2.19. The molecule has 0 radical (unpaired) electrons. The lowest BCUT2D eigenvalue weighted by Crippen LogP contribution is -2.49. The zero-order valence-corrected chi connectivity index (χ0v) is 12.1. The Hall–Kier alpha value is -1.82. The number of ether oxygens (including phenoxy) is 1. The molecule has 0 atom stereocenters. The van der Waals surface area contributed by atoms with E-state index in [-0.39, 0.29) is 6.09 Å². The maximum atomic E-state index is 11.6. The Morgan fingerprint density at radius 1 is 1.40 bits per heavy atom. The highest BCUT2D eigenvalue weighted by atomic mass is 16.6. The molecule has 1 amide bonds. The normalized spacial score (nSPS) is 15.3. The van der Waals surface area contributed by atoms with Crippen LogP contribution >= 0.6 is 0 Å². The average molecular weight is 278 g/mol. The summed E-state index contributed by atoms with van der Waals surface area (Å²) in [5.41, 5.74) is 7.78. The van der Waals surface area contributed by atoms with Gasteiger partial charge in [-0.1, -0.05) is 0 Å². The van der Waals surface area contributed by atoms with Crippen LogP contribution in [-0.4, -0.2) is 48.8 Å². The van der Waals surface area contributed by atoms with Crippen LogP contribution in [0.1, 0.15) is 18.1 Å². The fourth-order valence-electron chi connectivity index (χ4n) is 2.38. The highest BCUT2D eigenvalue weighted by Gasteiger charge is 2.23. The molecule has 0 spiro atoms. The van der Waals surface area contributed by atoms with Crippen molar-refractivity contribution in [2.75, 3.05) is 37.7 Å². The fourth-order valence-corrected chi connectivity index (χ4v) is 2.38. The third-order valence-corrected chi connectivity index (χ3v) is 3.45. The third-order valence-electron chi connectivity index (χ3n) is 3.45. The van der Waals surface area contributed by atoms with Gasteiger partial charge in [-0.15, -0.1) is 0 Å². The minimum atomic E-state index is -0.227. The van der Waals surface area contributed by atoms with Gasteiger partial charge in [0, 0.05) is 38.9 Å². The molecular weight excluding hydrogens is 256 g/mol. The molecule has 0 unspecified atom stereocenters. The molecule has 1 aliphatic heterocycles. The van der Waals surface area contributed by atoms with Crippen LogP contribution in [0.5, 0.6) is 0 Å². The largest absolute Gasteiger partial charge is 0.450 e. The molecule has 20 heavy (non-hydrogen) atoms. The van der Waals surface area contributed by atoms with Crippen LogP contribution in [0.3, 0.4) is 0 Å². The minimum Gasteiger partial charge on any atom is -0.450 e. The summed E-state index contributed by atoms with van der Waals surface area (Å²) in [7, 11) is 0. The quantitative estimate of drug-likeness (QED) is 0.897. The molecule has 1 aliphatic rings. The number of rotatable bonds is 3. The summed E-state index contributed by atoms with van der Waals surface area (Å²) < 4.78 is 5.02. The first-order chi connectivity index (χ1) is 9.65. The maximum Gasteiger partial charge on any atom is 0.409 e. The molecule has 1 aromatic heterocycles. The first-order valence-electron chi connectivity index (χ1n) is 6.98. The fraction of sp³-hybridized carbons (Fsp3) is 0.571. The number of hydrogen-bond donors (Lipinski definition) is 1. The van der Waals surface area contributed by atoms with Crippen LogP contribution in [0.4, 0.5) is 10.6 Å². The Labute approximate surface area is 119 Å². The molecule has 1 saturated heterocycles. The summed E-state index contributed by atoms with van der Waals surface area (Å²) in [6.07, 6.45) is 1.59. The van der Waals surface area contributed by atoms with Crippen molar-refractivity contribution >= 4 is 11.9 Å². The standard InChI is InChI=1S/C14H22N4O2/c1-3-20-14(19)18-6-4-17(5-7-18)13-11(2)8-12(9-15)10-16-13/h8,10H,3-7,9,15H2,1-2H3. The molecule has 0 aliphatic carbocycles. The summed E-state index contributed by atoms with van der Waals surface area (Å²) >= 11 is 0. The molecule has 2 heterocycles. The van der Waals surface area contributed by atoms with E-state index in [9.17, 15) is 4.79 Å². The lowest BCUT2D eigenvalue weighted by Gasteiger charge is -2.35. The summed E-state index contributed by atoms with van der Waals surface area (Å²) in [4.78, 5) is 20.1. The first-order valence-corrected chi connectivity index (χ1v) is 6.98. The number of anilines is 1. The Morgan fingerprint density at radius 2 is 2.10 bits per heavy atom. The summed E-state index contributed by atoms with van der Waals surface area (Å²) in [6, 6.07) is 2.07. The number of nitrogens with zero attached hydrogens (tertiary/aromatic N) is 3. The first kappa shape index (κ1) is 14.6.